The largest absolute Gasteiger partial charge is 0.467 e. The number of rotatable bonds is 2. The Balaban J connectivity index is 1.98. The quantitative estimate of drug-likeness (QED) is 0.723. The smallest absolute Gasteiger partial charge is 0.334 e. The first kappa shape index (κ1) is 11.9. The fourth-order valence-electron chi connectivity index (χ4n) is 3.02. The van der Waals surface area contributed by atoms with Gasteiger partial charge in [-0.25, -0.2) is 4.79 Å². The van der Waals surface area contributed by atoms with E-state index in [0.717, 1.165) is 25.7 Å². The molecule has 1 aliphatic carbocycles. The Labute approximate surface area is 95.9 Å². The number of hydrogen-bond donors (Lipinski definition) is 1. The van der Waals surface area contributed by atoms with Crippen LogP contribution in [0.4, 0.5) is 0 Å². The maximum atomic E-state index is 11.3. The summed E-state index contributed by atoms with van der Waals surface area (Å²) in [7, 11) is 1.32. The van der Waals surface area contributed by atoms with Crippen LogP contribution in [0.15, 0.2) is 0 Å². The van der Waals surface area contributed by atoms with Gasteiger partial charge in [0.05, 0.1) is 12.7 Å². The number of aliphatic hydroxyl groups excluding tert-OH is 1. The normalized spacial score (nSPS) is 30.2. The number of esters is 1. The molecule has 0 radical (unpaired) electrons. The molecular formula is C12H20O4. The topological polar surface area (TPSA) is 55.8 Å². The summed E-state index contributed by atoms with van der Waals surface area (Å²) in [5.74, 6) is -0.514. The van der Waals surface area contributed by atoms with Crippen molar-refractivity contribution in [2.45, 2.75) is 50.2 Å². The van der Waals surface area contributed by atoms with Crippen molar-refractivity contribution in [2.75, 3.05) is 13.7 Å². The molecule has 1 N–H and O–H groups in total. The third-order valence-corrected chi connectivity index (χ3v) is 3.94. The van der Waals surface area contributed by atoms with E-state index in [1.807, 2.05) is 0 Å². The van der Waals surface area contributed by atoms with Gasteiger partial charge in [-0.1, -0.05) is 12.8 Å². The van der Waals surface area contributed by atoms with Crippen molar-refractivity contribution in [3.05, 3.63) is 0 Å². The molecule has 2 unspecified atom stereocenters. The summed E-state index contributed by atoms with van der Waals surface area (Å²) in [5, 5.41) is 9.86. The molecule has 2 fully saturated rings. The van der Waals surface area contributed by atoms with Gasteiger partial charge in [-0.05, 0) is 25.7 Å². The molecule has 1 saturated carbocycles. The molecular weight excluding hydrogens is 208 g/mol. The van der Waals surface area contributed by atoms with E-state index in [2.05, 4.69) is 4.74 Å². The molecule has 4 heteroatoms. The SMILES string of the molecule is COC(=O)C(O)C1CCOC2(CCCC2)C1. The Morgan fingerprint density at radius 1 is 1.50 bits per heavy atom. The van der Waals surface area contributed by atoms with Crippen LogP contribution >= 0.6 is 0 Å². The van der Waals surface area contributed by atoms with Gasteiger partial charge in [-0.3, -0.25) is 0 Å². The molecule has 1 aliphatic heterocycles. The molecule has 2 atom stereocenters. The minimum absolute atomic E-state index is 0.000648. The maximum absolute atomic E-state index is 11.3. The molecule has 4 nitrogen and oxygen atoms in total. The van der Waals surface area contributed by atoms with E-state index in [-0.39, 0.29) is 11.5 Å². The molecule has 0 bridgehead atoms. The van der Waals surface area contributed by atoms with Gasteiger partial charge in [0.2, 0.25) is 0 Å². The first-order chi connectivity index (χ1) is 7.67. The molecule has 0 amide bonds. The second-order valence-electron chi connectivity index (χ2n) is 4.96. The third-order valence-electron chi connectivity index (χ3n) is 3.94. The van der Waals surface area contributed by atoms with E-state index in [0.29, 0.717) is 6.61 Å². The van der Waals surface area contributed by atoms with Gasteiger partial charge in [0.1, 0.15) is 0 Å². The maximum Gasteiger partial charge on any atom is 0.334 e. The number of hydrogen-bond acceptors (Lipinski definition) is 4. The molecule has 0 aromatic heterocycles. The van der Waals surface area contributed by atoms with Crippen LogP contribution in [0.25, 0.3) is 0 Å². The zero-order chi connectivity index (χ0) is 11.6. The summed E-state index contributed by atoms with van der Waals surface area (Å²) >= 11 is 0. The second kappa shape index (κ2) is 4.72. The molecule has 92 valence electrons. The van der Waals surface area contributed by atoms with Crippen LogP contribution in [0.2, 0.25) is 0 Å². The molecule has 2 aliphatic rings. The second-order valence-corrected chi connectivity index (χ2v) is 4.96. The Morgan fingerprint density at radius 2 is 2.19 bits per heavy atom. The summed E-state index contributed by atoms with van der Waals surface area (Å²) < 4.78 is 10.4. The van der Waals surface area contributed by atoms with Gasteiger partial charge in [-0.15, -0.1) is 0 Å². The molecule has 1 saturated heterocycles. The summed E-state index contributed by atoms with van der Waals surface area (Å²) in [6, 6.07) is 0. The minimum Gasteiger partial charge on any atom is -0.467 e. The van der Waals surface area contributed by atoms with Gasteiger partial charge in [0.15, 0.2) is 6.10 Å². The molecule has 16 heavy (non-hydrogen) atoms. The highest BCUT2D eigenvalue weighted by Gasteiger charge is 2.43. The van der Waals surface area contributed by atoms with Gasteiger partial charge in [0.25, 0.3) is 0 Å². The molecule has 0 aromatic carbocycles. The number of aliphatic hydroxyl groups is 1. The predicted octanol–water partition coefficient (Wildman–Crippen LogP) is 1.26. The van der Waals surface area contributed by atoms with E-state index >= 15 is 0 Å². The first-order valence-corrected chi connectivity index (χ1v) is 6.07. The van der Waals surface area contributed by atoms with Crippen molar-refractivity contribution in [3.63, 3.8) is 0 Å². The van der Waals surface area contributed by atoms with E-state index in [9.17, 15) is 9.90 Å². The summed E-state index contributed by atoms with van der Waals surface area (Å²) in [6.07, 6.45) is 5.09. The van der Waals surface area contributed by atoms with Crippen LogP contribution in [-0.2, 0) is 14.3 Å². The van der Waals surface area contributed by atoms with E-state index in [4.69, 9.17) is 4.74 Å². The summed E-state index contributed by atoms with van der Waals surface area (Å²) in [5.41, 5.74) is -0.0576. The van der Waals surface area contributed by atoms with Crippen molar-refractivity contribution in [2.24, 2.45) is 5.92 Å². The highest BCUT2D eigenvalue weighted by atomic mass is 16.5. The summed E-state index contributed by atoms with van der Waals surface area (Å²) in [4.78, 5) is 11.3. The average Bonchev–Trinajstić information content (AvgIpc) is 2.75. The lowest BCUT2D eigenvalue weighted by atomic mass is 9.81. The third kappa shape index (κ3) is 2.23. The average molecular weight is 228 g/mol. The standard InChI is InChI=1S/C12H20O4/c1-15-11(14)10(13)9-4-7-16-12(8-9)5-2-3-6-12/h9-10,13H,2-8H2,1H3. The molecule has 1 spiro atoms. The zero-order valence-electron chi connectivity index (χ0n) is 9.78. The first-order valence-electron chi connectivity index (χ1n) is 6.07. The Morgan fingerprint density at radius 3 is 2.81 bits per heavy atom. The van der Waals surface area contributed by atoms with Gasteiger partial charge >= 0.3 is 5.97 Å². The van der Waals surface area contributed by atoms with Crippen molar-refractivity contribution in [1.82, 2.24) is 0 Å². The number of carbonyl (C=O) groups is 1. The highest BCUT2D eigenvalue weighted by molar-refractivity contribution is 5.74. The Hall–Kier alpha value is -0.610. The predicted molar refractivity (Wildman–Crippen MR) is 57.9 cm³/mol. The van der Waals surface area contributed by atoms with Gasteiger partial charge in [-0.2, -0.15) is 0 Å². The zero-order valence-corrected chi connectivity index (χ0v) is 9.78. The van der Waals surface area contributed by atoms with Crippen molar-refractivity contribution >= 4 is 5.97 Å². The van der Waals surface area contributed by atoms with Crippen LogP contribution in [0.1, 0.15) is 38.5 Å². The van der Waals surface area contributed by atoms with E-state index in [1.165, 1.54) is 20.0 Å². The van der Waals surface area contributed by atoms with Crippen molar-refractivity contribution < 1.29 is 19.4 Å². The molecule has 1 heterocycles. The van der Waals surface area contributed by atoms with E-state index < -0.39 is 12.1 Å². The van der Waals surface area contributed by atoms with Crippen LogP contribution in [0, 0.1) is 5.92 Å². The lowest BCUT2D eigenvalue weighted by molar-refractivity contribution is -0.161. The van der Waals surface area contributed by atoms with Crippen LogP contribution < -0.4 is 0 Å². The number of methoxy groups -OCH3 is 1. The van der Waals surface area contributed by atoms with Crippen molar-refractivity contribution in [1.29, 1.82) is 0 Å². The fraction of sp³-hybridized carbons (Fsp3) is 0.917. The van der Waals surface area contributed by atoms with Crippen LogP contribution in [0.3, 0.4) is 0 Å². The van der Waals surface area contributed by atoms with Crippen LogP contribution in [-0.4, -0.2) is 36.5 Å². The molecule has 0 aromatic rings. The van der Waals surface area contributed by atoms with Crippen LogP contribution in [0.5, 0.6) is 0 Å². The number of carbonyl (C=O) groups excluding carboxylic acids is 1. The lowest BCUT2D eigenvalue weighted by Crippen LogP contribution is -2.43. The fourth-order valence-corrected chi connectivity index (χ4v) is 3.02. The monoisotopic (exact) mass is 228 g/mol. The Bertz CT molecular complexity index is 258. The molecule has 2 rings (SSSR count). The minimum atomic E-state index is -0.980. The summed E-state index contributed by atoms with van der Waals surface area (Å²) in [6.45, 7) is 0.652. The van der Waals surface area contributed by atoms with E-state index in [1.54, 1.807) is 0 Å². The van der Waals surface area contributed by atoms with Gasteiger partial charge < -0.3 is 14.6 Å². The highest BCUT2D eigenvalue weighted by Crippen LogP contribution is 2.42. The van der Waals surface area contributed by atoms with Gasteiger partial charge in [0, 0.05) is 12.5 Å². The van der Waals surface area contributed by atoms with Crippen molar-refractivity contribution in [3.8, 4) is 0 Å². The Kier molecular flexibility index (Phi) is 3.50. The lowest BCUT2D eigenvalue weighted by Gasteiger charge is -2.39. The number of ether oxygens (including phenoxy) is 2.